The maximum atomic E-state index is 12.4. The number of anilines is 1. The molecule has 138 valence electrons. The van der Waals surface area contributed by atoms with Crippen LogP contribution in [0.4, 0.5) is 5.00 Å². The van der Waals surface area contributed by atoms with Crippen molar-refractivity contribution >= 4 is 39.9 Å². The average molecular weight is 389 g/mol. The van der Waals surface area contributed by atoms with E-state index in [1.165, 1.54) is 22.5 Å². The lowest BCUT2D eigenvalue weighted by Crippen LogP contribution is -2.25. The van der Waals surface area contributed by atoms with E-state index in [2.05, 4.69) is 41.8 Å². The molecule has 3 rings (SSSR count). The first-order chi connectivity index (χ1) is 12.5. The zero-order valence-corrected chi connectivity index (χ0v) is 16.8. The lowest BCUT2D eigenvalue weighted by molar-refractivity contribution is -0.117. The van der Waals surface area contributed by atoms with Gasteiger partial charge < -0.3 is 10.6 Å². The summed E-state index contributed by atoms with van der Waals surface area (Å²) in [5.41, 5.74) is 3.48. The van der Waals surface area contributed by atoms with Crippen molar-refractivity contribution in [1.29, 1.82) is 0 Å². The first-order valence-corrected chi connectivity index (χ1v) is 10.8. The van der Waals surface area contributed by atoms with Gasteiger partial charge in [0.2, 0.25) is 5.91 Å². The summed E-state index contributed by atoms with van der Waals surface area (Å²) >= 11 is 3.16. The van der Waals surface area contributed by atoms with E-state index in [9.17, 15) is 9.59 Å². The fraction of sp³-hybridized carbons (Fsp3) is 0.400. The summed E-state index contributed by atoms with van der Waals surface area (Å²) < 4.78 is 0. The second kappa shape index (κ2) is 8.73. The Morgan fingerprint density at radius 2 is 1.92 bits per heavy atom. The van der Waals surface area contributed by atoms with Gasteiger partial charge in [-0.15, -0.1) is 11.3 Å². The molecule has 0 saturated heterocycles. The number of thioether (sulfide) groups is 1. The van der Waals surface area contributed by atoms with Crippen LogP contribution in [0.5, 0.6) is 0 Å². The molecule has 1 fully saturated rings. The molecule has 0 atom stereocenters. The van der Waals surface area contributed by atoms with Crippen molar-refractivity contribution < 1.29 is 9.59 Å². The topological polar surface area (TPSA) is 58.2 Å². The number of aryl methyl sites for hydroxylation is 2. The van der Waals surface area contributed by atoms with E-state index in [0.717, 1.165) is 34.9 Å². The molecule has 1 saturated carbocycles. The molecule has 0 bridgehead atoms. The van der Waals surface area contributed by atoms with Crippen molar-refractivity contribution in [1.82, 2.24) is 5.32 Å². The lowest BCUT2D eigenvalue weighted by atomic mass is 10.2. The number of rotatable bonds is 8. The van der Waals surface area contributed by atoms with E-state index in [4.69, 9.17) is 0 Å². The van der Waals surface area contributed by atoms with Crippen LogP contribution in [0, 0.1) is 19.8 Å². The summed E-state index contributed by atoms with van der Waals surface area (Å²) in [4.78, 5) is 24.9. The second-order valence-corrected chi connectivity index (χ2v) is 8.84. The van der Waals surface area contributed by atoms with Gasteiger partial charge >= 0.3 is 0 Å². The Labute approximate surface area is 162 Å². The molecule has 26 heavy (non-hydrogen) atoms. The van der Waals surface area contributed by atoms with Crippen molar-refractivity contribution in [2.45, 2.75) is 32.4 Å². The van der Waals surface area contributed by atoms with E-state index in [1.54, 1.807) is 0 Å². The van der Waals surface area contributed by atoms with Crippen molar-refractivity contribution in [3.8, 4) is 0 Å². The number of nitrogens with one attached hydrogen (secondary N) is 2. The Morgan fingerprint density at radius 1 is 1.19 bits per heavy atom. The molecule has 2 aromatic rings. The number of thiophene rings is 1. The summed E-state index contributed by atoms with van der Waals surface area (Å²) in [6.07, 6.45) is 1.95. The quantitative estimate of drug-likeness (QED) is 0.660. The molecule has 1 aromatic heterocycles. The summed E-state index contributed by atoms with van der Waals surface area (Å²) in [6.45, 7) is 4.63. The van der Waals surface area contributed by atoms with Crippen LogP contribution >= 0.6 is 23.1 Å². The third-order valence-electron chi connectivity index (χ3n) is 4.24. The number of hydrogen-bond acceptors (Lipinski definition) is 4. The van der Waals surface area contributed by atoms with Crippen LogP contribution < -0.4 is 10.6 Å². The molecule has 4 nitrogen and oxygen atoms in total. The van der Waals surface area contributed by atoms with Gasteiger partial charge in [-0.25, -0.2) is 0 Å². The lowest BCUT2D eigenvalue weighted by Gasteiger charge is -2.05. The molecule has 2 N–H and O–H groups in total. The minimum atomic E-state index is -0.0599. The molecule has 2 amide bonds. The van der Waals surface area contributed by atoms with Crippen LogP contribution in [0.15, 0.2) is 30.3 Å². The van der Waals surface area contributed by atoms with E-state index in [-0.39, 0.29) is 17.7 Å². The van der Waals surface area contributed by atoms with Crippen LogP contribution in [-0.2, 0) is 10.5 Å². The number of carbonyl (C=O) groups excluding carboxylic acids is 2. The molecular formula is C20H24N2O2S2. The minimum Gasteiger partial charge on any atom is -0.351 e. The molecule has 0 aliphatic heterocycles. The van der Waals surface area contributed by atoms with Gasteiger partial charge in [-0.1, -0.05) is 29.8 Å². The van der Waals surface area contributed by atoms with Gasteiger partial charge in [0.05, 0.1) is 9.88 Å². The van der Waals surface area contributed by atoms with E-state index < -0.39 is 0 Å². The van der Waals surface area contributed by atoms with Crippen LogP contribution in [0.25, 0.3) is 0 Å². The van der Waals surface area contributed by atoms with Crippen molar-refractivity contribution in [2.75, 3.05) is 17.6 Å². The van der Waals surface area contributed by atoms with Gasteiger partial charge in [0.1, 0.15) is 0 Å². The largest absolute Gasteiger partial charge is 0.351 e. The molecule has 0 spiro atoms. The van der Waals surface area contributed by atoms with Crippen molar-refractivity contribution in [2.24, 2.45) is 5.92 Å². The Morgan fingerprint density at radius 3 is 2.62 bits per heavy atom. The standard InChI is InChI=1S/C20H24N2O2S2/c1-13-3-5-15(6-4-13)12-25-10-9-21-20(24)18-14(2)11-17(26-18)22-19(23)16-7-8-16/h3-6,11,16H,7-10,12H2,1-2H3,(H,21,24)(H,22,23). The maximum Gasteiger partial charge on any atom is 0.261 e. The third kappa shape index (κ3) is 5.35. The molecule has 1 heterocycles. The highest BCUT2D eigenvalue weighted by Crippen LogP contribution is 2.32. The van der Waals surface area contributed by atoms with Crippen LogP contribution in [-0.4, -0.2) is 24.1 Å². The summed E-state index contributed by atoms with van der Waals surface area (Å²) in [6, 6.07) is 10.4. The van der Waals surface area contributed by atoms with Crippen molar-refractivity contribution in [3.63, 3.8) is 0 Å². The van der Waals surface area contributed by atoms with Crippen LogP contribution in [0.1, 0.15) is 39.2 Å². The van der Waals surface area contributed by atoms with Gasteiger partial charge in [0.15, 0.2) is 0 Å². The Bertz CT molecular complexity index is 780. The average Bonchev–Trinajstić information content (AvgIpc) is 3.40. The van der Waals surface area contributed by atoms with E-state index >= 15 is 0 Å². The highest BCUT2D eigenvalue weighted by atomic mass is 32.2. The van der Waals surface area contributed by atoms with Gasteiger partial charge in [-0.2, -0.15) is 11.8 Å². The van der Waals surface area contributed by atoms with Crippen LogP contribution in [0.2, 0.25) is 0 Å². The Kier molecular flexibility index (Phi) is 6.38. The van der Waals surface area contributed by atoms with E-state index in [0.29, 0.717) is 11.4 Å². The summed E-state index contributed by atoms with van der Waals surface area (Å²) in [7, 11) is 0. The van der Waals surface area contributed by atoms with Crippen LogP contribution in [0.3, 0.4) is 0 Å². The molecule has 6 heteroatoms. The first-order valence-electron chi connectivity index (χ1n) is 8.85. The molecule has 1 aliphatic carbocycles. The molecule has 1 aliphatic rings. The Balaban J connectivity index is 1.40. The highest BCUT2D eigenvalue weighted by molar-refractivity contribution is 7.98. The molecule has 0 unspecified atom stereocenters. The minimum absolute atomic E-state index is 0.0599. The zero-order valence-electron chi connectivity index (χ0n) is 15.1. The first kappa shape index (κ1) is 19.0. The second-order valence-electron chi connectivity index (χ2n) is 6.68. The number of hydrogen-bond donors (Lipinski definition) is 2. The fourth-order valence-electron chi connectivity index (χ4n) is 2.53. The summed E-state index contributed by atoms with van der Waals surface area (Å²) in [5, 5.41) is 6.65. The van der Waals surface area contributed by atoms with Gasteiger partial charge in [0.25, 0.3) is 5.91 Å². The fourth-order valence-corrected chi connectivity index (χ4v) is 4.34. The van der Waals surface area contributed by atoms with Gasteiger partial charge in [-0.3, -0.25) is 9.59 Å². The van der Waals surface area contributed by atoms with Gasteiger partial charge in [0, 0.05) is 24.0 Å². The van der Waals surface area contributed by atoms with Crippen molar-refractivity contribution in [3.05, 3.63) is 51.9 Å². The normalized spacial score (nSPS) is 13.5. The predicted octanol–water partition coefficient (Wildman–Crippen LogP) is 4.38. The zero-order chi connectivity index (χ0) is 18.5. The molecule has 1 aromatic carbocycles. The highest BCUT2D eigenvalue weighted by Gasteiger charge is 2.30. The maximum absolute atomic E-state index is 12.4. The predicted molar refractivity (Wildman–Crippen MR) is 110 cm³/mol. The monoisotopic (exact) mass is 388 g/mol. The number of amides is 2. The summed E-state index contributed by atoms with van der Waals surface area (Å²) in [5.74, 6) is 2.00. The van der Waals surface area contributed by atoms with Gasteiger partial charge in [-0.05, 0) is 43.9 Å². The number of carbonyl (C=O) groups is 2. The Hall–Kier alpha value is -1.79. The SMILES string of the molecule is Cc1ccc(CSCCNC(=O)c2sc(NC(=O)C3CC3)cc2C)cc1. The third-order valence-corrected chi connectivity index (χ3v) is 6.42. The number of benzene rings is 1. The van der Waals surface area contributed by atoms with E-state index in [1.807, 2.05) is 24.8 Å². The molecule has 0 radical (unpaired) electrons. The molecular weight excluding hydrogens is 364 g/mol. The smallest absolute Gasteiger partial charge is 0.261 e.